The van der Waals surface area contributed by atoms with Crippen molar-refractivity contribution in [3.05, 3.63) is 97.4 Å². The number of hydrogen-bond acceptors (Lipinski definition) is 4. The van der Waals surface area contributed by atoms with Gasteiger partial charge in [-0.15, -0.1) is 0 Å². The fourth-order valence-electron chi connectivity index (χ4n) is 4.29. The van der Waals surface area contributed by atoms with Gasteiger partial charge < -0.3 is 9.47 Å². The van der Waals surface area contributed by atoms with E-state index in [-0.39, 0.29) is 11.2 Å². The lowest BCUT2D eigenvalue weighted by Crippen LogP contribution is -2.39. The van der Waals surface area contributed by atoms with Crippen molar-refractivity contribution in [3.63, 3.8) is 0 Å². The zero-order valence-corrected chi connectivity index (χ0v) is 21.4. The van der Waals surface area contributed by atoms with Crippen molar-refractivity contribution in [1.29, 1.82) is 0 Å². The number of rotatable bonds is 9. The van der Waals surface area contributed by atoms with Crippen molar-refractivity contribution in [2.75, 3.05) is 20.1 Å². The second-order valence-corrected chi connectivity index (χ2v) is 9.44. The van der Waals surface area contributed by atoms with Gasteiger partial charge in [-0.3, -0.25) is 13.9 Å². The van der Waals surface area contributed by atoms with Crippen molar-refractivity contribution < 1.29 is 0 Å². The molecule has 7 heteroatoms. The first-order chi connectivity index (χ1) is 16.8. The lowest BCUT2D eigenvalue weighted by molar-refractivity contribution is 0.335. The standard InChI is InChI=1S/C28H35N5O2/c1-6-30(4)17-18-32-24(19-23-13-9-21(3)10-14-23)29-26-25(32)27(34)31(5)28(35)33(26)16-15-22-11-7-20(2)8-12-22/h7-14H,6,15-19H2,1-5H3. The molecule has 0 saturated carbocycles. The molecule has 0 amide bonds. The Morgan fingerprint density at radius 3 is 2.06 bits per heavy atom. The molecule has 184 valence electrons. The molecule has 0 aliphatic rings. The minimum atomic E-state index is -0.327. The number of likely N-dealkylation sites (N-methyl/N-ethyl adjacent to an activating group) is 1. The average Bonchev–Trinajstić information content (AvgIpc) is 3.21. The summed E-state index contributed by atoms with van der Waals surface area (Å²) in [4.78, 5) is 33.6. The monoisotopic (exact) mass is 473 g/mol. The SMILES string of the molecule is CCN(C)CCn1c(Cc2ccc(C)cc2)nc2c1c(=O)n(C)c(=O)n2CCc1ccc(C)cc1. The van der Waals surface area contributed by atoms with Gasteiger partial charge in [-0.05, 0) is 45.0 Å². The third-order valence-corrected chi connectivity index (χ3v) is 6.78. The molecule has 0 unspecified atom stereocenters. The van der Waals surface area contributed by atoms with Crippen LogP contribution in [0.3, 0.4) is 0 Å². The number of fused-ring (bicyclic) bond motifs is 1. The Morgan fingerprint density at radius 2 is 1.46 bits per heavy atom. The molecule has 4 rings (SSSR count). The predicted molar refractivity (Wildman–Crippen MR) is 141 cm³/mol. The maximum absolute atomic E-state index is 13.3. The number of benzene rings is 2. The second kappa shape index (κ2) is 10.4. The van der Waals surface area contributed by atoms with Crippen LogP contribution in [0.4, 0.5) is 0 Å². The highest BCUT2D eigenvalue weighted by molar-refractivity contribution is 5.71. The van der Waals surface area contributed by atoms with Crippen molar-refractivity contribution >= 4 is 11.2 Å². The number of hydrogen-bond donors (Lipinski definition) is 0. The van der Waals surface area contributed by atoms with Crippen molar-refractivity contribution in [3.8, 4) is 0 Å². The highest BCUT2D eigenvalue weighted by Gasteiger charge is 2.21. The van der Waals surface area contributed by atoms with Crippen LogP contribution in [-0.2, 0) is 33.0 Å². The average molecular weight is 474 g/mol. The smallest absolute Gasteiger partial charge is 0.321 e. The van der Waals surface area contributed by atoms with Gasteiger partial charge >= 0.3 is 5.69 Å². The van der Waals surface area contributed by atoms with Crippen LogP contribution in [-0.4, -0.2) is 43.7 Å². The third-order valence-electron chi connectivity index (χ3n) is 6.78. The summed E-state index contributed by atoms with van der Waals surface area (Å²) in [7, 11) is 3.62. The topological polar surface area (TPSA) is 65.1 Å². The first-order valence-corrected chi connectivity index (χ1v) is 12.3. The molecule has 0 atom stereocenters. The summed E-state index contributed by atoms with van der Waals surface area (Å²) in [5.41, 5.74) is 5.03. The predicted octanol–water partition coefficient (Wildman–Crippen LogP) is 3.30. The summed E-state index contributed by atoms with van der Waals surface area (Å²) in [5, 5.41) is 0. The van der Waals surface area contributed by atoms with Crippen LogP contribution < -0.4 is 11.2 Å². The van der Waals surface area contributed by atoms with E-state index in [4.69, 9.17) is 4.98 Å². The van der Waals surface area contributed by atoms with E-state index < -0.39 is 0 Å². The lowest BCUT2D eigenvalue weighted by atomic mass is 10.1. The molecular formula is C28H35N5O2. The summed E-state index contributed by atoms with van der Waals surface area (Å²) in [5.74, 6) is 0.806. The van der Waals surface area contributed by atoms with Crippen molar-refractivity contribution in [2.45, 2.75) is 46.7 Å². The Balaban J connectivity index is 1.82. The third kappa shape index (κ3) is 5.30. The molecule has 0 saturated heterocycles. The van der Waals surface area contributed by atoms with E-state index in [0.29, 0.717) is 37.1 Å². The molecule has 4 aromatic rings. The van der Waals surface area contributed by atoms with E-state index >= 15 is 0 Å². The summed E-state index contributed by atoms with van der Waals surface area (Å²) in [6, 6.07) is 16.7. The molecule has 0 N–H and O–H groups in total. The van der Waals surface area contributed by atoms with E-state index in [0.717, 1.165) is 30.0 Å². The van der Waals surface area contributed by atoms with Crippen LogP contribution in [0.25, 0.3) is 11.2 Å². The zero-order valence-electron chi connectivity index (χ0n) is 21.4. The summed E-state index contributed by atoms with van der Waals surface area (Å²) < 4.78 is 4.90. The van der Waals surface area contributed by atoms with Crippen LogP contribution in [0.5, 0.6) is 0 Å². The number of aromatic nitrogens is 4. The van der Waals surface area contributed by atoms with Gasteiger partial charge in [0.05, 0.1) is 0 Å². The van der Waals surface area contributed by atoms with Gasteiger partial charge in [0.2, 0.25) is 0 Å². The second-order valence-electron chi connectivity index (χ2n) is 9.44. The minimum Gasteiger partial charge on any atom is -0.321 e. The Morgan fingerprint density at radius 1 is 0.857 bits per heavy atom. The molecule has 35 heavy (non-hydrogen) atoms. The highest BCUT2D eigenvalue weighted by atomic mass is 16.2. The molecule has 0 spiro atoms. The Labute approximate surface area is 206 Å². The van der Waals surface area contributed by atoms with Crippen LogP contribution in [0.2, 0.25) is 0 Å². The maximum atomic E-state index is 13.3. The van der Waals surface area contributed by atoms with E-state index in [1.54, 1.807) is 11.6 Å². The van der Waals surface area contributed by atoms with Gasteiger partial charge in [0, 0.05) is 33.1 Å². The zero-order chi connectivity index (χ0) is 25.1. The van der Waals surface area contributed by atoms with Crippen LogP contribution in [0.1, 0.15) is 35.0 Å². The maximum Gasteiger partial charge on any atom is 0.332 e. The lowest BCUT2D eigenvalue weighted by Gasteiger charge is -2.16. The van der Waals surface area contributed by atoms with Crippen LogP contribution in [0.15, 0.2) is 58.1 Å². The van der Waals surface area contributed by atoms with Gasteiger partial charge in [-0.2, -0.15) is 0 Å². The normalized spacial score (nSPS) is 11.6. The van der Waals surface area contributed by atoms with E-state index in [2.05, 4.69) is 81.2 Å². The molecule has 2 aromatic carbocycles. The molecular weight excluding hydrogens is 438 g/mol. The van der Waals surface area contributed by atoms with Gasteiger partial charge in [0.25, 0.3) is 5.56 Å². The largest absolute Gasteiger partial charge is 0.332 e. The van der Waals surface area contributed by atoms with Crippen molar-refractivity contribution in [1.82, 2.24) is 23.6 Å². The Kier molecular flexibility index (Phi) is 7.36. The van der Waals surface area contributed by atoms with Gasteiger partial charge in [0.15, 0.2) is 11.2 Å². The van der Waals surface area contributed by atoms with Gasteiger partial charge in [-0.1, -0.05) is 66.6 Å². The Hall–Kier alpha value is -3.45. The minimum absolute atomic E-state index is 0.293. The van der Waals surface area contributed by atoms with E-state index in [1.807, 2.05) is 4.57 Å². The number of aryl methyl sites for hydroxylation is 4. The summed E-state index contributed by atoms with van der Waals surface area (Å²) >= 11 is 0. The molecule has 2 aromatic heterocycles. The number of nitrogens with zero attached hydrogens (tertiary/aromatic N) is 5. The van der Waals surface area contributed by atoms with E-state index in [1.165, 1.54) is 15.7 Å². The molecule has 0 bridgehead atoms. The first-order valence-electron chi connectivity index (χ1n) is 12.3. The fourth-order valence-corrected chi connectivity index (χ4v) is 4.29. The quantitative estimate of drug-likeness (QED) is 0.374. The van der Waals surface area contributed by atoms with Gasteiger partial charge in [-0.25, -0.2) is 9.78 Å². The fraction of sp³-hybridized carbons (Fsp3) is 0.393. The summed E-state index contributed by atoms with van der Waals surface area (Å²) in [6.07, 6.45) is 1.28. The molecule has 0 radical (unpaired) electrons. The molecule has 0 fully saturated rings. The highest BCUT2D eigenvalue weighted by Crippen LogP contribution is 2.17. The van der Waals surface area contributed by atoms with Crippen LogP contribution in [0, 0.1) is 13.8 Å². The molecule has 2 heterocycles. The van der Waals surface area contributed by atoms with Gasteiger partial charge in [0.1, 0.15) is 5.82 Å². The van der Waals surface area contributed by atoms with Crippen LogP contribution >= 0.6 is 0 Å². The van der Waals surface area contributed by atoms with E-state index in [9.17, 15) is 9.59 Å². The molecule has 0 aliphatic carbocycles. The Bertz CT molecular complexity index is 1430. The van der Waals surface area contributed by atoms with Crippen molar-refractivity contribution in [2.24, 2.45) is 7.05 Å². The molecule has 0 aliphatic heterocycles. The first kappa shape index (κ1) is 24.7. The number of imidazole rings is 1. The molecule has 7 nitrogen and oxygen atoms in total. The summed E-state index contributed by atoms with van der Waals surface area (Å²) in [6.45, 7) is 9.03.